The first-order valence-corrected chi connectivity index (χ1v) is 10.8. The van der Waals surface area contributed by atoms with Gasteiger partial charge in [-0.3, -0.25) is 0 Å². The second-order valence-corrected chi connectivity index (χ2v) is 8.98. The predicted octanol–water partition coefficient (Wildman–Crippen LogP) is 8.26. The number of rotatable bonds is 4. The lowest BCUT2D eigenvalue weighted by Crippen LogP contribution is -2.32. The van der Waals surface area contributed by atoms with Crippen LogP contribution in [0, 0.1) is 19.8 Å². The van der Waals surface area contributed by atoms with Gasteiger partial charge in [-0.05, 0) is 97.4 Å². The van der Waals surface area contributed by atoms with Crippen LogP contribution in [0.5, 0.6) is 0 Å². The van der Waals surface area contributed by atoms with Gasteiger partial charge < -0.3 is 0 Å². The lowest BCUT2D eigenvalue weighted by Gasteiger charge is -2.44. The van der Waals surface area contributed by atoms with Gasteiger partial charge in [-0.2, -0.15) is 0 Å². The molecule has 1 unspecified atom stereocenters. The van der Waals surface area contributed by atoms with Crippen LogP contribution >= 0.6 is 0 Å². The van der Waals surface area contributed by atoms with E-state index in [4.69, 9.17) is 0 Å². The fraction of sp³-hybridized carbons (Fsp3) is 0.429. The molecular weight excluding hydrogens is 336 g/mol. The Balaban J connectivity index is 2.29. The Labute approximate surface area is 172 Å². The molecule has 1 atom stereocenters. The fourth-order valence-corrected chi connectivity index (χ4v) is 5.23. The summed E-state index contributed by atoms with van der Waals surface area (Å²) in [6, 6.07) is 2.42. The van der Waals surface area contributed by atoms with Crippen LogP contribution in [0.4, 0.5) is 0 Å². The highest BCUT2D eigenvalue weighted by Gasteiger charge is 2.41. The molecule has 0 spiro atoms. The molecule has 0 bridgehead atoms. The molecular formula is C28H36. The smallest absolute Gasteiger partial charge is 0.0158 e. The van der Waals surface area contributed by atoms with Crippen LogP contribution in [0.1, 0.15) is 81.7 Å². The van der Waals surface area contributed by atoms with E-state index in [1.54, 1.807) is 0 Å². The largest absolute Gasteiger partial charge is 0.0908 e. The van der Waals surface area contributed by atoms with Gasteiger partial charge in [0.05, 0.1) is 0 Å². The molecule has 0 heterocycles. The first kappa shape index (κ1) is 20.6. The number of fused-ring (bicyclic) bond motifs is 1. The number of hydrogen-bond acceptors (Lipinski definition) is 0. The first-order chi connectivity index (χ1) is 13.3. The van der Waals surface area contributed by atoms with Crippen molar-refractivity contribution >= 4 is 11.6 Å². The Hall–Kier alpha value is -2.08. The first-order valence-electron chi connectivity index (χ1n) is 10.8. The number of hydrogen-bond donors (Lipinski definition) is 0. The van der Waals surface area contributed by atoms with Gasteiger partial charge in [0, 0.05) is 5.41 Å². The van der Waals surface area contributed by atoms with Crippen LogP contribution in [-0.2, 0) is 5.41 Å². The normalized spacial score (nSPS) is 21.3. The molecule has 28 heavy (non-hydrogen) atoms. The lowest BCUT2D eigenvalue weighted by molar-refractivity contribution is 0.556. The third-order valence-electron chi connectivity index (χ3n) is 6.76. The van der Waals surface area contributed by atoms with Crippen molar-refractivity contribution in [2.24, 2.45) is 5.92 Å². The summed E-state index contributed by atoms with van der Waals surface area (Å²) in [6.45, 7) is 20.6. The molecule has 0 saturated heterocycles. The van der Waals surface area contributed by atoms with Gasteiger partial charge in [0.15, 0.2) is 0 Å². The molecule has 0 saturated carbocycles. The van der Waals surface area contributed by atoms with E-state index in [0.717, 1.165) is 19.3 Å². The summed E-state index contributed by atoms with van der Waals surface area (Å²) in [4.78, 5) is 0. The van der Waals surface area contributed by atoms with E-state index >= 15 is 0 Å². The van der Waals surface area contributed by atoms with E-state index in [1.165, 1.54) is 50.1 Å². The monoisotopic (exact) mass is 372 g/mol. The molecule has 0 amide bonds. The third kappa shape index (κ3) is 3.17. The molecule has 0 fully saturated rings. The van der Waals surface area contributed by atoms with E-state index in [2.05, 4.69) is 91.5 Å². The van der Waals surface area contributed by atoms with Crippen molar-refractivity contribution in [1.29, 1.82) is 0 Å². The van der Waals surface area contributed by atoms with Crippen molar-refractivity contribution in [3.8, 4) is 0 Å². The molecule has 0 heteroatoms. The third-order valence-corrected chi connectivity index (χ3v) is 6.76. The summed E-state index contributed by atoms with van der Waals surface area (Å²) in [6.07, 6.45) is 14.9. The SMILES string of the molecule is C=C1C2=C(C(C)=CCC2CC=CCC)C(C)(C)c2cc(C)c(C)c(/C=C\C)c21. The summed E-state index contributed by atoms with van der Waals surface area (Å²) in [7, 11) is 0. The average molecular weight is 373 g/mol. The summed E-state index contributed by atoms with van der Waals surface area (Å²) in [5.74, 6) is 0.529. The maximum atomic E-state index is 4.69. The van der Waals surface area contributed by atoms with Crippen LogP contribution < -0.4 is 0 Å². The summed E-state index contributed by atoms with van der Waals surface area (Å²) < 4.78 is 0. The van der Waals surface area contributed by atoms with Gasteiger partial charge in [-0.15, -0.1) is 0 Å². The number of allylic oxidation sites excluding steroid dienone is 8. The van der Waals surface area contributed by atoms with E-state index in [9.17, 15) is 0 Å². The fourth-order valence-electron chi connectivity index (χ4n) is 5.23. The van der Waals surface area contributed by atoms with Gasteiger partial charge in [-0.1, -0.05) is 69.4 Å². The molecule has 0 aliphatic heterocycles. The molecule has 1 aromatic rings. The predicted molar refractivity (Wildman–Crippen MR) is 126 cm³/mol. The molecule has 0 nitrogen and oxygen atoms in total. The maximum absolute atomic E-state index is 4.69. The molecule has 3 rings (SSSR count). The molecule has 0 N–H and O–H groups in total. The topological polar surface area (TPSA) is 0 Å². The highest BCUT2D eigenvalue weighted by molar-refractivity contribution is 5.91. The highest BCUT2D eigenvalue weighted by atomic mass is 14.4. The van der Waals surface area contributed by atoms with Crippen molar-refractivity contribution in [3.63, 3.8) is 0 Å². The van der Waals surface area contributed by atoms with Crippen molar-refractivity contribution < 1.29 is 0 Å². The zero-order chi connectivity index (χ0) is 20.6. The molecule has 2 aliphatic carbocycles. The highest BCUT2D eigenvalue weighted by Crippen LogP contribution is 2.54. The van der Waals surface area contributed by atoms with Crippen molar-refractivity contribution in [2.75, 3.05) is 0 Å². The zero-order valence-electron chi connectivity index (χ0n) is 18.9. The van der Waals surface area contributed by atoms with Crippen LogP contribution in [0.25, 0.3) is 11.6 Å². The Kier molecular flexibility index (Phi) is 5.71. The Morgan fingerprint density at radius 2 is 1.89 bits per heavy atom. The number of aryl methyl sites for hydroxylation is 1. The Bertz CT molecular complexity index is 925. The summed E-state index contributed by atoms with van der Waals surface area (Å²) in [5.41, 5.74) is 12.6. The number of benzene rings is 1. The van der Waals surface area contributed by atoms with Gasteiger partial charge >= 0.3 is 0 Å². The van der Waals surface area contributed by atoms with E-state index < -0.39 is 0 Å². The second-order valence-electron chi connectivity index (χ2n) is 8.98. The van der Waals surface area contributed by atoms with Crippen molar-refractivity contribution in [3.05, 3.63) is 81.5 Å². The standard InChI is InChI=1S/C28H36/c1-9-11-12-14-22-16-15-18(3)27-25(22)21(6)26-23(13-10-2)20(5)19(4)17-24(26)28(27,7)8/h10-13,15,17,22H,6,9,14,16H2,1-5,7-8H3/b12-11?,13-10-. The Morgan fingerprint density at radius 1 is 1.18 bits per heavy atom. The lowest BCUT2D eigenvalue weighted by atomic mass is 9.59. The zero-order valence-corrected chi connectivity index (χ0v) is 18.9. The van der Waals surface area contributed by atoms with Gasteiger partial charge in [0.25, 0.3) is 0 Å². The maximum Gasteiger partial charge on any atom is 0.0158 e. The van der Waals surface area contributed by atoms with Crippen LogP contribution in [0.15, 0.2) is 53.7 Å². The molecule has 0 aromatic heterocycles. The van der Waals surface area contributed by atoms with Crippen LogP contribution in [-0.4, -0.2) is 0 Å². The van der Waals surface area contributed by atoms with E-state index in [0.29, 0.717) is 5.92 Å². The van der Waals surface area contributed by atoms with Crippen LogP contribution in [0.2, 0.25) is 0 Å². The summed E-state index contributed by atoms with van der Waals surface area (Å²) >= 11 is 0. The van der Waals surface area contributed by atoms with Gasteiger partial charge in [0.1, 0.15) is 0 Å². The molecule has 148 valence electrons. The second kappa shape index (κ2) is 7.74. The van der Waals surface area contributed by atoms with E-state index in [1.807, 2.05) is 0 Å². The quantitative estimate of drug-likeness (QED) is 0.467. The minimum absolute atomic E-state index is 0.00558. The molecule has 2 aliphatic rings. The van der Waals surface area contributed by atoms with Gasteiger partial charge in [-0.25, -0.2) is 0 Å². The molecule has 1 aromatic carbocycles. The van der Waals surface area contributed by atoms with Crippen molar-refractivity contribution in [2.45, 2.75) is 73.1 Å². The average Bonchev–Trinajstić information content (AvgIpc) is 2.64. The van der Waals surface area contributed by atoms with Crippen molar-refractivity contribution in [1.82, 2.24) is 0 Å². The van der Waals surface area contributed by atoms with E-state index in [-0.39, 0.29) is 5.41 Å². The van der Waals surface area contributed by atoms with Gasteiger partial charge in [0.2, 0.25) is 0 Å². The summed E-state index contributed by atoms with van der Waals surface area (Å²) in [5, 5.41) is 0. The molecule has 0 radical (unpaired) electrons. The van der Waals surface area contributed by atoms with Crippen LogP contribution in [0.3, 0.4) is 0 Å². The minimum atomic E-state index is -0.00558. The Morgan fingerprint density at radius 3 is 2.54 bits per heavy atom. The minimum Gasteiger partial charge on any atom is -0.0908 e.